The molecule has 4 unspecified atom stereocenters. The lowest BCUT2D eigenvalue weighted by atomic mass is 9.78. The SMILES string of the molecule is O=C(O)C1C2CCC(O2)C1C(=O)N1CCCCC1. The molecule has 1 N–H and O–H groups in total. The molecule has 3 saturated heterocycles. The van der Waals surface area contributed by atoms with Crippen LogP contribution < -0.4 is 0 Å². The van der Waals surface area contributed by atoms with Crippen molar-refractivity contribution < 1.29 is 19.4 Å². The minimum Gasteiger partial charge on any atom is -0.481 e. The number of carbonyl (C=O) groups is 2. The largest absolute Gasteiger partial charge is 0.481 e. The predicted octanol–water partition coefficient (Wildman–Crippen LogP) is 0.877. The number of fused-ring (bicyclic) bond motifs is 2. The average Bonchev–Trinajstić information content (AvgIpc) is 2.99. The fourth-order valence-corrected chi connectivity index (χ4v) is 3.63. The van der Waals surface area contributed by atoms with Crippen LogP contribution in [0, 0.1) is 11.8 Å². The summed E-state index contributed by atoms with van der Waals surface area (Å²) in [5.74, 6) is -1.94. The van der Waals surface area contributed by atoms with Crippen LogP contribution in [0.25, 0.3) is 0 Å². The van der Waals surface area contributed by atoms with Crippen LogP contribution in [0.4, 0.5) is 0 Å². The van der Waals surface area contributed by atoms with Crippen molar-refractivity contribution in [2.75, 3.05) is 13.1 Å². The first-order valence-electron chi connectivity index (χ1n) is 6.85. The van der Waals surface area contributed by atoms with Gasteiger partial charge < -0.3 is 14.7 Å². The number of aliphatic carboxylic acids is 1. The van der Waals surface area contributed by atoms with Crippen molar-refractivity contribution in [2.45, 2.75) is 44.3 Å². The maximum atomic E-state index is 12.5. The maximum Gasteiger partial charge on any atom is 0.310 e. The Hall–Kier alpha value is -1.10. The monoisotopic (exact) mass is 253 g/mol. The van der Waals surface area contributed by atoms with Gasteiger partial charge in [0.2, 0.25) is 5.91 Å². The van der Waals surface area contributed by atoms with Crippen LogP contribution in [-0.2, 0) is 14.3 Å². The number of amides is 1. The van der Waals surface area contributed by atoms with Gasteiger partial charge in [0.15, 0.2) is 0 Å². The Kier molecular flexibility index (Phi) is 3.01. The van der Waals surface area contributed by atoms with E-state index >= 15 is 0 Å². The smallest absolute Gasteiger partial charge is 0.310 e. The molecule has 0 radical (unpaired) electrons. The van der Waals surface area contributed by atoms with Crippen LogP contribution in [0.15, 0.2) is 0 Å². The van der Waals surface area contributed by atoms with Gasteiger partial charge >= 0.3 is 5.97 Å². The fourth-order valence-electron chi connectivity index (χ4n) is 3.63. The van der Waals surface area contributed by atoms with Gasteiger partial charge in [-0.25, -0.2) is 0 Å². The van der Waals surface area contributed by atoms with Crippen LogP contribution in [0.2, 0.25) is 0 Å². The van der Waals surface area contributed by atoms with E-state index in [2.05, 4.69) is 0 Å². The highest BCUT2D eigenvalue weighted by atomic mass is 16.5. The van der Waals surface area contributed by atoms with Gasteiger partial charge in [-0.1, -0.05) is 0 Å². The fraction of sp³-hybridized carbons (Fsp3) is 0.846. The summed E-state index contributed by atoms with van der Waals surface area (Å²) in [4.78, 5) is 25.7. The molecule has 5 nitrogen and oxygen atoms in total. The molecule has 4 atom stereocenters. The van der Waals surface area contributed by atoms with Gasteiger partial charge in [-0.15, -0.1) is 0 Å². The Labute approximate surface area is 106 Å². The molecule has 3 aliphatic heterocycles. The van der Waals surface area contributed by atoms with Gasteiger partial charge in [0.25, 0.3) is 0 Å². The third-order valence-electron chi connectivity index (χ3n) is 4.51. The molecule has 2 bridgehead atoms. The molecule has 0 spiro atoms. The third-order valence-corrected chi connectivity index (χ3v) is 4.51. The topological polar surface area (TPSA) is 66.8 Å². The molecule has 0 aromatic carbocycles. The molecule has 0 aromatic heterocycles. The van der Waals surface area contributed by atoms with Crippen LogP contribution in [0.3, 0.4) is 0 Å². The van der Waals surface area contributed by atoms with E-state index in [9.17, 15) is 14.7 Å². The second-order valence-corrected chi connectivity index (χ2v) is 5.57. The third kappa shape index (κ3) is 1.81. The Morgan fingerprint density at radius 2 is 1.61 bits per heavy atom. The molecule has 3 aliphatic rings. The molecule has 0 aliphatic carbocycles. The lowest BCUT2D eigenvalue weighted by molar-refractivity contribution is -0.151. The van der Waals surface area contributed by atoms with E-state index in [0.29, 0.717) is 0 Å². The van der Waals surface area contributed by atoms with Gasteiger partial charge in [0, 0.05) is 13.1 Å². The molecule has 18 heavy (non-hydrogen) atoms. The first-order chi connectivity index (χ1) is 8.68. The lowest BCUT2D eigenvalue weighted by Crippen LogP contribution is -2.47. The standard InChI is InChI=1S/C13H19NO4/c15-12(14-6-2-1-3-7-14)10-8-4-5-9(18-8)11(10)13(16)17/h8-11H,1-7H2,(H,16,17). The molecule has 3 rings (SSSR count). The van der Waals surface area contributed by atoms with E-state index in [-0.39, 0.29) is 18.1 Å². The molecule has 0 saturated carbocycles. The normalized spacial score (nSPS) is 39.0. The molecule has 0 aromatic rings. The number of piperidine rings is 1. The summed E-state index contributed by atoms with van der Waals surface area (Å²) in [5.41, 5.74) is 0. The second-order valence-electron chi connectivity index (χ2n) is 5.57. The summed E-state index contributed by atoms with van der Waals surface area (Å²) in [6.45, 7) is 1.55. The van der Waals surface area contributed by atoms with Crippen molar-refractivity contribution in [1.29, 1.82) is 0 Å². The highest BCUT2D eigenvalue weighted by Gasteiger charge is 2.56. The van der Waals surface area contributed by atoms with Crippen molar-refractivity contribution in [3.05, 3.63) is 0 Å². The number of rotatable bonds is 2. The Morgan fingerprint density at radius 1 is 1.00 bits per heavy atom. The number of nitrogens with zero attached hydrogens (tertiary/aromatic N) is 1. The Morgan fingerprint density at radius 3 is 2.22 bits per heavy atom. The predicted molar refractivity (Wildman–Crippen MR) is 62.9 cm³/mol. The zero-order valence-corrected chi connectivity index (χ0v) is 10.4. The molecule has 3 fully saturated rings. The number of hydrogen-bond donors (Lipinski definition) is 1. The second kappa shape index (κ2) is 4.53. The van der Waals surface area contributed by atoms with Crippen LogP contribution >= 0.6 is 0 Å². The summed E-state index contributed by atoms with van der Waals surface area (Å²) in [6.07, 6.45) is 4.44. The maximum absolute atomic E-state index is 12.5. The van der Waals surface area contributed by atoms with Crippen molar-refractivity contribution in [3.8, 4) is 0 Å². The van der Waals surface area contributed by atoms with Gasteiger partial charge in [-0.2, -0.15) is 0 Å². The molecular weight excluding hydrogens is 234 g/mol. The van der Waals surface area contributed by atoms with E-state index in [1.54, 1.807) is 0 Å². The quantitative estimate of drug-likeness (QED) is 0.793. The zero-order valence-electron chi connectivity index (χ0n) is 10.4. The van der Waals surface area contributed by atoms with Crippen LogP contribution in [-0.4, -0.2) is 47.2 Å². The van der Waals surface area contributed by atoms with E-state index in [4.69, 9.17) is 4.74 Å². The van der Waals surface area contributed by atoms with Crippen LogP contribution in [0.5, 0.6) is 0 Å². The molecule has 1 amide bonds. The number of carboxylic acids is 1. The van der Waals surface area contributed by atoms with Crippen molar-refractivity contribution in [1.82, 2.24) is 4.90 Å². The summed E-state index contributed by atoms with van der Waals surface area (Å²) >= 11 is 0. The number of carbonyl (C=O) groups excluding carboxylic acids is 1. The average molecular weight is 253 g/mol. The van der Waals surface area contributed by atoms with Crippen molar-refractivity contribution >= 4 is 11.9 Å². The van der Waals surface area contributed by atoms with E-state index in [1.165, 1.54) is 6.42 Å². The van der Waals surface area contributed by atoms with Gasteiger partial charge in [0.1, 0.15) is 0 Å². The molecule has 5 heteroatoms. The lowest BCUT2D eigenvalue weighted by Gasteiger charge is -2.33. The van der Waals surface area contributed by atoms with Crippen molar-refractivity contribution in [3.63, 3.8) is 0 Å². The Bertz CT molecular complexity index is 364. The first kappa shape index (κ1) is 12.0. The van der Waals surface area contributed by atoms with E-state index in [1.807, 2.05) is 4.90 Å². The van der Waals surface area contributed by atoms with E-state index in [0.717, 1.165) is 38.8 Å². The van der Waals surface area contributed by atoms with E-state index < -0.39 is 17.8 Å². The Balaban J connectivity index is 1.77. The minimum atomic E-state index is -0.877. The summed E-state index contributed by atoms with van der Waals surface area (Å²) in [7, 11) is 0. The summed E-state index contributed by atoms with van der Waals surface area (Å²) in [5, 5.41) is 9.30. The van der Waals surface area contributed by atoms with Gasteiger partial charge in [-0.05, 0) is 32.1 Å². The summed E-state index contributed by atoms with van der Waals surface area (Å²) in [6, 6.07) is 0. The zero-order chi connectivity index (χ0) is 12.7. The highest BCUT2D eigenvalue weighted by Crippen LogP contribution is 2.44. The number of hydrogen-bond acceptors (Lipinski definition) is 3. The highest BCUT2D eigenvalue weighted by molar-refractivity contribution is 5.86. The van der Waals surface area contributed by atoms with Crippen molar-refractivity contribution in [2.24, 2.45) is 11.8 Å². The first-order valence-corrected chi connectivity index (χ1v) is 6.85. The van der Waals surface area contributed by atoms with Gasteiger partial charge in [-0.3, -0.25) is 9.59 Å². The number of carboxylic acid groups (broad SMARTS) is 1. The molecule has 3 heterocycles. The number of ether oxygens (including phenoxy) is 1. The molecule has 100 valence electrons. The minimum absolute atomic E-state index is 0.00861. The summed E-state index contributed by atoms with van der Waals surface area (Å²) < 4.78 is 5.64. The van der Waals surface area contributed by atoms with Crippen LogP contribution in [0.1, 0.15) is 32.1 Å². The molecular formula is C13H19NO4. The number of likely N-dealkylation sites (tertiary alicyclic amines) is 1. The van der Waals surface area contributed by atoms with Gasteiger partial charge in [0.05, 0.1) is 24.0 Å².